The standard InChI is InChI=1S/C20H24N2O7S/c1-6-30(25,26)22(2)14-9-7-13(8-10-14)19(23)21-16-12-18(28-4)17(27-3)11-15(16)20(24)29-5/h7-12H,6H2,1-5H3,(H,21,23). The Labute approximate surface area is 175 Å². The number of esters is 1. The van der Waals surface area contributed by atoms with E-state index >= 15 is 0 Å². The van der Waals surface area contributed by atoms with E-state index in [0.29, 0.717) is 17.2 Å². The van der Waals surface area contributed by atoms with E-state index in [1.807, 2.05) is 0 Å². The highest BCUT2D eigenvalue weighted by Crippen LogP contribution is 2.34. The highest BCUT2D eigenvalue weighted by molar-refractivity contribution is 7.92. The molecule has 0 aliphatic rings. The summed E-state index contributed by atoms with van der Waals surface area (Å²) in [5.41, 5.74) is 0.967. The van der Waals surface area contributed by atoms with Crippen molar-refractivity contribution in [2.75, 3.05) is 43.8 Å². The van der Waals surface area contributed by atoms with Crippen LogP contribution in [0.4, 0.5) is 11.4 Å². The van der Waals surface area contributed by atoms with Gasteiger partial charge in [0.05, 0.1) is 44.0 Å². The van der Waals surface area contributed by atoms with Crippen molar-refractivity contribution in [3.63, 3.8) is 0 Å². The number of amides is 1. The van der Waals surface area contributed by atoms with Crippen LogP contribution in [0.1, 0.15) is 27.6 Å². The molecule has 1 amide bonds. The van der Waals surface area contributed by atoms with Crippen molar-refractivity contribution < 1.29 is 32.2 Å². The molecule has 162 valence electrons. The van der Waals surface area contributed by atoms with Crippen LogP contribution in [-0.4, -0.2) is 54.4 Å². The Morgan fingerprint density at radius 3 is 2.07 bits per heavy atom. The summed E-state index contributed by atoms with van der Waals surface area (Å²) >= 11 is 0. The van der Waals surface area contributed by atoms with Gasteiger partial charge in [0.2, 0.25) is 10.0 Å². The lowest BCUT2D eigenvalue weighted by Gasteiger charge is -2.18. The fourth-order valence-electron chi connectivity index (χ4n) is 2.63. The first-order valence-corrected chi connectivity index (χ1v) is 10.5. The van der Waals surface area contributed by atoms with Crippen molar-refractivity contribution in [3.8, 4) is 11.5 Å². The summed E-state index contributed by atoms with van der Waals surface area (Å²) < 4.78 is 40.3. The van der Waals surface area contributed by atoms with Gasteiger partial charge in [-0.25, -0.2) is 13.2 Å². The molecular weight excluding hydrogens is 412 g/mol. The number of methoxy groups -OCH3 is 3. The molecule has 2 aromatic rings. The summed E-state index contributed by atoms with van der Waals surface area (Å²) in [4.78, 5) is 24.8. The third-order valence-corrected chi connectivity index (χ3v) is 6.23. The normalized spacial score (nSPS) is 10.8. The van der Waals surface area contributed by atoms with Gasteiger partial charge in [0, 0.05) is 24.7 Å². The van der Waals surface area contributed by atoms with Gasteiger partial charge in [0.1, 0.15) is 0 Å². The van der Waals surface area contributed by atoms with Gasteiger partial charge in [-0.05, 0) is 31.2 Å². The number of benzene rings is 2. The summed E-state index contributed by atoms with van der Waals surface area (Å²) in [7, 11) is 2.12. The first kappa shape index (κ1) is 23.0. The topological polar surface area (TPSA) is 111 Å². The van der Waals surface area contributed by atoms with Gasteiger partial charge < -0.3 is 19.5 Å². The lowest BCUT2D eigenvalue weighted by molar-refractivity contribution is 0.0601. The fourth-order valence-corrected chi connectivity index (χ4v) is 3.46. The second kappa shape index (κ2) is 9.49. The van der Waals surface area contributed by atoms with Gasteiger partial charge >= 0.3 is 5.97 Å². The summed E-state index contributed by atoms with van der Waals surface area (Å²) in [6.07, 6.45) is 0. The summed E-state index contributed by atoms with van der Waals surface area (Å²) in [5.74, 6) is -0.572. The van der Waals surface area contributed by atoms with Crippen LogP contribution < -0.4 is 19.1 Å². The SMILES string of the molecule is CCS(=O)(=O)N(C)c1ccc(C(=O)Nc2cc(OC)c(OC)cc2C(=O)OC)cc1. The van der Waals surface area contributed by atoms with E-state index in [2.05, 4.69) is 5.32 Å². The number of anilines is 2. The van der Waals surface area contributed by atoms with Crippen LogP contribution in [0, 0.1) is 0 Å². The predicted molar refractivity (Wildman–Crippen MR) is 113 cm³/mol. The van der Waals surface area contributed by atoms with Crippen LogP contribution in [0.25, 0.3) is 0 Å². The van der Waals surface area contributed by atoms with E-state index in [1.54, 1.807) is 6.92 Å². The van der Waals surface area contributed by atoms with Crippen LogP contribution in [0.2, 0.25) is 0 Å². The molecule has 2 aromatic carbocycles. The Bertz CT molecular complexity index is 1030. The zero-order chi connectivity index (χ0) is 22.5. The molecule has 0 saturated heterocycles. The van der Waals surface area contributed by atoms with Gasteiger partial charge in [0.25, 0.3) is 5.91 Å². The number of nitrogens with one attached hydrogen (secondary N) is 1. The van der Waals surface area contributed by atoms with E-state index in [1.165, 1.54) is 64.8 Å². The minimum atomic E-state index is -3.41. The molecule has 0 aromatic heterocycles. The molecule has 9 nitrogen and oxygen atoms in total. The Kier molecular flexibility index (Phi) is 7.28. The number of hydrogen-bond acceptors (Lipinski definition) is 7. The van der Waals surface area contributed by atoms with E-state index in [0.717, 1.165) is 4.31 Å². The molecule has 0 radical (unpaired) electrons. The van der Waals surface area contributed by atoms with Crippen LogP contribution >= 0.6 is 0 Å². The van der Waals surface area contributed by atoms with Crippen LogP contribution in [-0.2, 0) is 14.8 Å². The smallest absolute Gasteiger partial charge is 0.340 e. The second-order valence-electron chi connectivity index (χ2n) is 6.11. The molecule has 0 spiro atoms. The van der Waals surface area contributed by atoms with Crippen molar-refractivity contribution >= 4 is 33.3 Å². The molecule has 0 fully saturated rings. The van der Waals surface area contributed by atoms with Crippen LogP contribution in [0.5, 0.6) is 11.5 Å². The van der Waals surface area contributed by atoms with Gasteiger partial charge in [-0.3, -0.25) is 9.10 Å². The number of nitrogens with zero attached hydrogens (tertiary/aromatic N) is 1. The molecule has 0 heterocycles. The van der Waals surface area contributed by atoms with Gasteiger partial charge in [0.15, 0.2) is 11.5 Å². The number of ether oxygens (including phenoxy) is 3. The number of sulfonamides is 1. The first-order valence-electron chi connectivity index (χ1n) is 8.90. The zero-order valence-electron chi connectivity index (χ0n) is 17.4. The molecular formula is C20H24N2O7S. The minimum absolute atomic E-state index is 0.0403. The van der Waals surface area contributed by atoms with E-state index in [-0.39, 0.29) is 22.6 Å². The van der Waals surface area contributed by atoms with Crippen molar-refractivity contribution in [2.24, 2.45) is 0 Å². The molecule has 0 atom stereocenters. The Hall–Kier alpha value is -3.27. The number of carbonyl (C=O) groups is 2. The fraction of sp³-hybridized carbons (Fsp3) is 0.300. The third kappa shape index (κ3) is 4.82. The highest BCUT2D eigenvalue weighted by Gasteiger charge is 2.20. The Morgan fingerprint density at radius 2 is 1.57 bits per heavy atom. The quantitative estimate of drug-likeness (QED) is 0.633. The molecule has 1 N–H and O–H groups in total. The summed E-state index contributed by atoms with van der Waals surface area (Å²) in [5, 5.41) is 2.65. The number of hydrogen-bond donors (Lipinski definition) is 1. The van der Waals surface area contributed by atoms with Gasteiger partial charge in [-0.15, -0.1) is 0 Å². The van der Waals surface area contributed by atoms with Gasteiger partial charge in [-0.1, -0.05) is 0 Å². The molecule has 0 aliphatic carbocycles. The molecule has 0 aliphatic heterocycles. The van der Waals surface area contributed by atoms with E-state index in [9.17, 15) is 18.0 Å². The Balaban J connectivity index is 2.34. The van der Waals surface area contributed by atoms with E-state index in [4.69, 9.17) is 14.2 Å². The monoisotopic (exact) mass is 436 g/mol. The molecule has 0 unspecified atom stereocenters. The van der Waals surface area contributed by atoms with E-state index < -0.39 is 21.9 Å². The maximum Gasteiger partial charge on any atom is 0.340 e. The maximum absolute atomic E-state index is 12.7. The lowest BCUT2D eigenvalue weighted by Crippen LogP contribution is -2.28. The minimum Gasteiger partial charge on any atom is -0.493 e. The van der Waals surface area contributed by atoms with Crippen molar-refractivity contribution in [2.45, 2.75) is 6.92 Å². The molecule has 10 heteroatoms. The average molecular weight is 436 g/mol. The van der Waals surface area contributed by atoms with Gasteiger partial charge in [-0.2, -0.15) is 0 Å². The van der Waals surface area contributed by atoms with Crippen molar-refractivity contribution in [1.82, 2.24) is 0 Å². The lowest BCUT2D eigenvalue weighted by atomic mass is 10.1. The second-order valence-corrected chi connectivity index (χ2v) is 8.40. The Morgan fingerprint density at radius 1 is 1.00 bits per heavy atom. The largest absolute Gasteiger partial charge is 0.493 e. The zero-order valence-corrected chi connectivity index (χ0v) is 18.2. The molecule has 0 saturated carbocycles. The average Bonchev–Trinajstić information content (AvgIpc) is 2.77. The van der Waals surface area contributed by atoms with Crippen molar-refractivity contribution in [1.29, 1.82) is 0 Å². The molecule has 2 rings (SSSR count). The summed E-state index contributed by atoms with van der Waals surface area (Å²) in [6, 6.07) is 8.90. The van der Waals surface area contributed by atoms with Crippen molar-refractivity contribution in [3.05, 3.63) is 47.5 Å². The third-order valence-electron chi connectivity index (χ3n) is 4.45. The van der Waals surface area contributed by atoms with Crippen LogP contribution in [0.3, 0.4) is 0 Å². The maximum atomic E-state index is 12.7. The highest BCUT2D eigenvalue weighted by atomic mass is 32.2. The predicted octanol–water partition coefficient (Wildman–Crippen LogP) is 2.53. The first-order chi connectivity index (χ1) is 14.2. The molecule has 30 heavy (non-hydrogen) atoms. The van der Waals surface area contributed by atoms with Crippen LogP contribution in [0.15, 0.2) is 36.4 Å². The number of carbonyl (C=O) groups excluding carboxylic acids is 2. The number of rotatable bonds is 8. The summed E-state index contributed by atoms with van der Waals surface area (Å²) in [6.45, 7) is 1.55. The molecule has 0 bridgehead atoms.